The Morgan fingerprint density at radius 3 is 2.65 bits per heavy atom. The number of amides is 2. The summed E-state index contributed by atoms with van der Waals surface area (Å²) < 4.78 is 0. The lowest BCUT2D eigenvalue weighted by Gasteiger charge is -2.19. The Labute approximate surface area is 119 Å². The maximum Gasteiger partial charge on any atom is 0.256 e. The summed E-state index contributed by atoms with van der Waals surface area (Å²) in [5.41, 5.74) is 7.44. The molecule has 3 N–H and O–H groups in total. The summed E-state index contributed by atoms with van der Waals surface area (Å²) in [4.78, 5) is 26.1. The third-order valence-electron chi connectivity index (χ3n) is 3.53. The first kappa shape index (κ1) is 14.5. The monoisotopic (exact) mass is 275 g/mol. The SMILES string of the molecule is Cc1cccc(NC(=O)CCN)c1C(=O)N1CCCC1. The van der Waals surface area contributed by atoms with Gasteiger partial charge in [-0.3, -0.25) is 9.59 Å². The number of benzene rings is 1. The molecule has 1 fully saturated rings. The van der Waals surface area contributed by atoms with Crippen LogP contribution >= 0.6 is 0 Å². The highest BCUT2D eigenvalue weighted by atomic mass is 16.2. The van der Waals surface area contributed by atoms with E-state index in [1.807, 2.05) is 24.0 Å². The first-order valence-corrected chi connectivity index (χ1v) is 7.02. The molecule has 1 heterocycles. The van der Waals surface area contributed by atoms with Gasteiger partial charge in [0.15, 0.2) is 0 Å². The molecule has 0 atom stereocenters. The molecule has 0 radical (unpaired) electrons. The van der Waals surface area contributed by atoms with Crippen molar-refractivity contribution < 1.29 is 9.59 Å². The van der Waals surface area contributed by atoms with Crippen molar-refractivity contribution in [3.63, 3.8) is 0 Å². The Kier molecular flexibility index (Phi) is 4.74. The van der Waals surface area contributed by atoms with Gasteiger partial charge in [0.2, 0.25) is 5.91 Å². The zero-order chi connectivity index (χ0) is 14.5. The van der Waals surface area contributed by atoms with Crippen LogP contribution in [0.5, 0.6) is 0 Å². The largest absolute Gasteiger partial charge is 0.339 e. The van der Waals surface area contributed by atoms with E-state index in [0.717, 1.165) is 31.5 Å². The van der Waals surface area contributed by atoms with Gasteiger partial charge in [-0.15, -0.1) is 0 Å². The zero-order valence-electron chi connectivity index (χ0n) is 11.8. The van der Waals surface area contributed by atoms with E-state index in [1.54, 1.807) is 6.07 Å². The van der Waals surface area contributed by atoms with E-state index >= 15 is 0 Å². The van der Waals surface area contributed by atoms with E-state index in [4.69, 9.17) is 5.73 Å². The third kappa shape index (κ3) is 3.17. The number of aryl methyl sites for hydroxylation is 1. The molecular formula is C15H21N3O2. The highest BCUT2D eigenvalue weighted by Gasteiger charge is 2.23. The lowest BCUT2D eigenvalue weighted by Crippen LogP contribution is -2.29. The van der Waals surface area contributed by atoms with Crippen molar-refractivity contribution in [3.05, 3.63) is 29.3 Å². The molecule has 0 aromatic heterocycles. The van der Waals surface area contributed by atoms with Crippen LogP contribution in [0.15, 0.2) is 18.2 Å². The minimum absolute atomic E-state index is 0.00338. The van der Waals surface area contributed by atoms with Crippen molar-refractivity contribution in [1.82, 2.24) is 4.90 Å². The number of nitrogens with one attached hydrogen (secondary N) is 1. The van der Waals surface area contributed by atoms with Gasteiger partial charge in [-0.2, -0.15) is 0 Å². The maximum atomic E-state index is 12.6. The summed E-state index contributed by atoms with van der Waals surface area (Å²) in [5.74, 6) is -0.155. The van der Waals surface area contributed by atoms with Crippen molar-refractivity contribution in [2.45, 2.75) is 26.2 Å². The molecule has 2 rings (SSSR count). The van der Waals surface area contributed by atoms with Gasteiger partial charge in [0.25, 0.3) is 5.91 Å². The van der Waals surface area contributed by atoms with Crippen molar-refractivity contribution in [1.29, 1.82) is 0 Å². The van der Waals surface area contributed by atoms with Crippen LogP contribution in [0.3, 0.4) is 0 Å². The molecule has 108 valence electrons. The molecule has 0 bridgehead atoms. The van der Waals surface area contributed by atoms with Gasteiger partial charge in [-0.25, -0.2) is 0 Å². The van der Waals surface area contributed by atoms with Crippen LogP contribution in [-0.4, -0.2) is 36.3 Å². The second kappa shape index (κ2) is 6.52. The first-order chi connectivity index (χ1) is 9.63. The highest BCUT2D eigenvalue weighted by molar-refractivity contribution is 6.05. The van der Waals surface area contributed by atoms with E-state index in [1.165, 1.54) is 0 Å². The average molecular weight is 275 g/mol. The predicted molar refractivity (Wildman–Crippen MR) is 78.6 cm³/mol. The molecule has 5 heteroatoms. The van der Waals surface area contributed by atoms with E-state index in [-0.39, 0.29) is 18.2 Å². The number of hydrogen-bond acceptors (Lipinski definition) is 3. The molecular weight excluding hydrogens is 254 g/mol. The standard InChI is InChI=1S/C15H21N3O2/c1-11-5-4-6-12(17-13(19)7-8-16)14(11)15(20)18-9-2-3-10-18/h4-6H,2-3,7-10,16H2,1H3,(H,17,19). The molecule has 1 aromatic carbocycles. The molecule has 1 aliphatic rings. The van der Waals surface area contributed by atoms with E-state index in [2.05, 4.69) is 5.32 Å². The van der Waals surface area contributed by atoms with Gasteiger partial charge in [0.1, 0.15) is 0 Å². The van der Waals surface area contributed by atoms with Gasteiger partial charge in [0.05, 0.1) is 11.3 Å². The summed E-state index contributed by atoms with van der Waals surface area (Å²) >= 11 is 0. The van der Waals surface area contributed by atoms with Crippen LogP contribution in [0.2, 0.25) is 0 Å². The van der Waals surface area contributed by atoms with Crippen LogP contribution < -0.4 is 11.1 Å². The molecule has 0 spiro atoms. The topological polar surface area (TPSA) is 75.4 Å². The Balaban J connectivity index is 2.26. The van der Waals surface area contributed by atoms with E-state index in [9.17, 15) is 9.59 Å². The van der Waals surface area contributed by atoms with Gasteiger partial charge in [-0.1, -0.05) is 12.1 Å². The number of carbonyl (C=O) groups excluding carboxylic acids is 2. The van der Waals surface area contributed by atoms with Crippen molar-refractivity contribution in [2.24, 2.45) is 5.73 Å². The molecule has 1 saturated heterocycles. The normalized spacial score (nSPS) is 14.4. The Hall–Kier alpha value is -1.88. The number of anilines is 1. The fourth-order valence-corrected chi connectivity index (χ4v) is 2.48. The maximum absolute atomic E-state index is 12.6. The predicted octanol–water partition coefficient (Wildman–Crippen LogP) is 1.52. The lowest BCUT2D eigenvalue weighted by molar-refractivity contribution is -0.116. The molecule has 20 heavy (non-hydrogen) atoms. The van der Waals surface area contributed by atoms with Crippen LogP contribution in [-0.2, 0) is 4.79 Å². The average Bonchev–Trinajstić information content (AvgIpc) is 2.92. The lowest BCUT2D eigenvalue weighted by atomic mass is 10.0. The minimum atomic E-state index is -0.159. The molecule has 0 saturated carbocycles. The Morgan fingerprint density at radius 2 is 2.00 bits per heavy atom. The number of hydrogen-bond donors (Lipinski definition) is 2. The summed E-state index contributed by atoms with van der Waals surface area (Å²) in [6.07, 6.45) is 2.35. The van der Waals surface area contributed by atoms with E-state index < -0.39 is 0 Å². The summed E-state index contributed by atoms with van der Waals surface area (Å²) in [6, 6.07) is 5.50. The van der Waals surface area contributed by atoms with Gasteiger partial charge in [-0.05, 0) is 31.4 Å². The summed E-state index contributed by atoms with van der Waals surface area (Å²) in [7, 11) is 0. The number of carbonyl (C=O) groups is 2. The van der Waals surface area contributed by atoms with Crippen molar-refractivity contribution >= 4 is 17.5 Å². The van der Waals surface area contributed by atoms with Crippen molar-refractivity contribution in [2.75, 3.05) is 25.0 Å². The van der Waals surface area contributed by atoms with Gasteiger partial charge >= 0.3 is 0 Å². The van der Waals surface area contributed by atoms with E-state index in [0.29, 0.717) is 17.8 Å². The quantitative estimate of drug-likeness (QED) is 0.874. The fraction of sp³-hybridized carbons (Fsp3) is 0.467. The molecule has 0 aliphatic carbocycles. The third-order valence-corrected chi connectivity index (χ3v) is 3.53. The van der Waals surface area contributed by atoms with Crippen LogP contribution in [0.25, 0.3) is 0 Å². The number of nitrogens with two attached hydrogens (primary N) is 1. The minimum Gasteiger partial charge on any atom is -0.339 e. The Morgan fingerprint density at radius 1 is 1.30 bits per heavy atom. The number of rotatable bonds is 4. The van der Waals surface area contributed by atoms with Crippen LogP contribution in [0.4, 0.5) is 5.69 Å². The van der Waals surface area contributed by atoms with Gasteiger partial charge < -0.3 is 16.0 Å². The smallest absolute Gasteiger partial charge is 0.256 e. The molecule has 1 aromatic rings. The van der Waals surface area contributed by atoms with Gasteiger partial charge in [0, 0.05) is 26.1 Å². The fourth-order valence-electron chi connectivity index (χ4n) is 2.48. The first-order valence-electron chi connectivity index (χ1n) is 7.02. The molecule has 1 aliphatic heterocycles. The van der Waals surface area contributed by atoms with Crippen LogP contribution in [0.1, 0.15) is 35.2 Å². The van der Waals surface area contributed by atoms with Crippen molar-refractivity contribution in [3.8, 4) is 0 Å². The molecule has 2 amide bonds. The number of likely N-dealkylation sites (tertiary alicyclic amines) is 1. The molecule has 0 unspecified atom stereocenters. The molecule has 5 nitrogen and oxygen atoms in total. The Bertz CT molecular complexity index is 508. The zero-order valence-corrected chi connectivity index (χ0v) is 11.8. The summed E-state index contributed by atoms with van der Waals surface area (Å²) in [6.45, 7) is 3.78. The second-order valence-corrected chi connectivity index (χ2v) is 5.08. The number of nitrogens with zero attached hydrogens (tertiary/aromatic N) is 1. The summed E-state index contributed by atoms with van der Waals surface area (Å²) in [5, 5.41) is 2.79. The highest BCUT2D eigenvalue weighted by Crippen LogP contribution is 2.23. The van der Waals surface area contributed by atoms with Crippen LogP contribution in [0, 0.1) is 6.92 Å². The second-order valence-electron chi connectivity index (χ2n) is 5.08.